The molecule has 0 aromatic carbocycles. The Bertz CT molecular complexity index is 950. The standard InChI is InChI=1S/C19H31N5O2SSi/c1-18(2,3)28(4,5)26-12-7-6-9-19(12)10-8-13(27-19)24-11-21-14-15(24)22-17(20)23-16(14)25/h11-13H,6-10H2,1-5H3,(H3,20,22,23,25)/t12-,13?,19?/m1/s1. The molecule has 154 valence electrons. The maximum atomic E-state index is 12.1. The molecule has 2 aromatic rings. The molecule has 1 saturated heterocycles. The number of nitrogens with zero attached hydrogens (tertiary/aromatic N) is 3. The van der Waals surface area contributed by atoms with Crippen molar-refractivity contribution >= 4 is 37.2 Å². The monoisotopic (exact) mass is 421 g/mol. The average molecular weight is 422 g/mol. The van der Waals surface area contributed by atoms with E-state index >= 15 is 0 Å². The van der Waals surface area contributed by atoms with Gasteiger partial charge in [0.25, 0.3) is 5.56 Å². The zero-order valence-corrected chi connectivity index (χ0v) is 19.2. The molecule has 1 aliphatic carbocycles. The highest BCUT2D eigenvalue weighted by molar-refractivity contribution is 8.01. The van der Waals surface area contributed by atoms with Gasteiger partial charge in [0.15, 0.2) is 19.5 Å². The molecule has 3 atom stereocenters. The van der Waals surface area contributed by atoms with Gasteiger partial charge in [-0.2, -0.15) is 4.98 Å². The van der Waals surface area contributed by atoms with Crippen LogP contribution in [-0.2, 0) is 4.43 Å². The molecule has 0 bridgehead atoms. The summed E-state index contributed by atoms with van der Waals surface area (Å²) in [6.45, 7) is 11.6. The van der Waals surface area contributed by atoms with Crippen molar-refractivity contribution in [2.24, 2.45) is 0 Å². The second kappa shape index (κ2) is 6.60. The molecule has 2 aromatic heterocycles. The summed E-state index contributed by atoms with van der Waals surface area (Å²) in [6, 6.07) is 0. The van der Waals surface area contributed by atoms with Crippen molar-refractivity contribution in [2.75, 3.05) is 5.73 Å². The molecule has 0 radical (unpaired) electrons. The number of fused-ring (bicyclic) bond motifs is 1. The van der Waals surface area contributed by atoms with Crippen LogP contribution < -0.4 is 11.3 Å². The number of imidazole rings is 1. The Labute approximate surface area is 171 Å². The molecule has 2 fully saturated rings. The van der Waals surface area contributed by atoms with E-state index in [9.17, 15) is 4.79 Å². The van der Waals surface area contributed by atoms with Crippen LogP contribution in [0.1, 0.15) is 58.2 Å². The molecule has 1 aliphatic heterocycles. The molecule has 2 unspecified atom stereocenters. The summed E-state index contributed by atoms with van der Waals surface area (Å²) in [5.74, 6) is 0.136. The van der Waals surface area contributed by atoms with Crippen LogP contribution in [0.4, 0.5) is 5.95 Å². The average Bonchev–Trinajstić information content (AvgIpc) is 3.26. The molecule has 7 nitrogen and oxygen atoms in total. The van der Waals surface area contributed by atoms with Crippen LogP contribution in [0, 0.1) is 0 Å². The lowest BCUT2D eigenvalue weighted by Crippen LogP contribution is -2.48. The number of H-pyrrole nitrogens is 1. The normalized spacial score (nSPS) is 28.6. The fraction of sp³-hybridized carbons (Fsp3) is 0.737. The van der Waals surface area contributed by atoms with Crippen molar-refractivity contribution in [3.05, 3.63) is 16.7 Å². The third-order valence-electron chi connectivity index (χ3n) is 6.84. The van der Waals surface area contributed by atoms with E-state index in [-0.39, 0.29) is 26.7 Å². The lowest BCUT2D eigenvalue weighted by Gasteiger charge is -2.42. The quantitative estimate of drug-likeness (QED) is 0.726. The van der Waals surface area contributed by atoms with E-state index in [4.69, 9.17) is 10.2 Å². The summed E-state index contributed by atoms with van der Waals surface area (Å²) in [6.07, 6.45) is 7.75. The zero-order chi connectivity index (χ0) is 20.3. The van der Waals surface area contributed by atoms with Crippen LogP contribution in [0.3, 0.4) is 0 Å². The molecule has 4 rings (SSSR count). The molecule has 2 aliphatic rings. The molecular weight excluding hydrogens is 390 g/mol. The molecule has 3 N–H and O–H groups in total. The van der Waals surface area contributed by atoms with Crippen LogP contribution in [-0.4, -0.2) is 38.7 Å². The third kappa shape index (κ3) is 3.21. The molecule has 9 heteroatoms. The van der Waals surface area contributed by atoms with Crippen molar-refractivity contribution in [2.45, 2.75) is 87.2 Å². The highest BCUT2D eigenvalue weighted by atomic mass is 32.2. The van der Waals surface area contributed by atoms with Gasteiger partial charge in [-0.1, -0.05) is 20.8 Å². The Balaban J connectivity index is 1.60. The zero-order valence-electron chi connectivity index (χ0n) is 17.4. The predicted octanol–water partition coefficient (Wildman–Crippen LogP) is 4.04. The molecule has 0 amide bonds. The van der Waals surface area contributed by atoms with Crippen molar-refractivity contribution in [3.63, 3.8) is 0 Å². The minimum absolute atomic E-state index is 0.136. The second-order valence-electron chi connectivity index (χ2n) is 9.71. The highest BCUT2D eigenvalue weighted by Crippen LogP contribution is 2.59. The van der Waals surface area contributed by atoms with Crippen LogP contribution in [0.5, 0.6) is 0 Å². The number of hydrogen-bond donors (Lipinski definition) is 2. The number of thioether (sulfide) groups is 1. The Morgan fingerprint density at radius 1 is 1.36 bits per heavy atom. The summed E-state index contributed by atoms with van der Waals surface area (Å²) in [4.78, 5) is 23.3. The molecule has 1 saturated carbocycles. The van der Waals surface area contributed by atoms with Crippen molar-refractivity contribution in [1.29, 1.82) is 0 Å². The topological polar surface area (TPSA) is 98.8 Å². The van der Waals surface area contributed by atoms with Gasteiger partial charge in [-0.3, -0.25) is 9.78 Å². The van der Waals surface area contributed by atoms with E-state index in [1.165, 1.54) is 12.8 Å². The van der Waals surface area contributed by atoms with E-state index in [2.05, 4.69) is 48.8 Å². The first kappa shape index (κ1) is 20.0. The molecular formula is C19H31N5O2SSi. The number of nitrogens with two attached hydrogens (primary N) is 1. The van der Waals surface area contributed by atoms with Gasteiger partial charge in [-0.25, -0.2) is 4.98 Å². The molecule has 3 heterocycles. The summed E-state index contributed by atoms with van der Waals surface area (Å²) in [7, 11) is -1.82. The minimum atomic E-state index is -1.82. The lowest BCUT2D eigenvalue weighted by molar-refractivity contribution is 0.155. The van der Waals surface area contributed by atoms with Gasteiger partial charge < -0.3 is 14.7 Å². The Morgan fingerprint density at radius 2 is 2.11 bits per heavy atom. The van der Waals surface area contributed by atoms with Gasteiger partial charge >= 0.3 is 0 Å². The van der Waals surface area contributed by atoms with Gasteiger partial charge in [-0.15, -0.1) is 11.8 Å². The summed E-state index contributed by atoms with van der Waals surface area (Å²) in [5, 5.41) is 0.421. The van der Waals surface area contributed by atoms with E-state index in [0.29, 0.717) is 17.3 Å². The molecule has 28 heavy (non-hydrogen) atoms. The highest BCUT2D eigenvalue weighted by Gasteiger charge is 2.53. The second-order valence-corrected chi connectivity index (χ2v) is 16.1. The number of aromatic nitrogens is 4. The van der Waals surface area contributed by atoms with Gasteiger partial charge in [0.1, 0.15) is 0 Å². The van der Waals surface area contributed by atoms with E-state index < -0.39 is 8.32 Å². The maximum absolute atomic E-state index is 12.1. The first-order valence-corrected chi connectivity index (χ1v) is 13.9. The Morgan fingerprint density at radius 3 is 2.82 bits per heavy atom. The fourth-order valence-corrected chi connectivity index (χ4v) is 7.59. The number of hydrogen-bond acceptors (Lipinski definition) is 6. The fourth-order valence-electron chi connectivity index (χ4n) is 4.24. The summed E-state index contributed by atoms with van der Waals surface area (Å²) < 4.78 is 9.08. The van der Waals surface area contributed by atoms with Crippen LogP contribution in [0.25, 0.3) is 11.2 Å². The number of aromatic amines is 1. The van der Waals surface area contributed by atoms with E-state index in [1.807, 2.05) is 16.3 Å². The van der Waals surface area contributed by atoms with Gasteiger partial charge in [-0.05, 0) is 50.2 Å². The van der Waals surface area contributed by atoms with E-state index in [0.717, 1.165) is 19.3 Å². The number of nitrogen functional groups attached to an aromatic ring is 1. The number of nitrogens with one attached hydrogen (secondary N) is 1. The van der Waals surface area contributed by atoms with Crippen molar-refractivity contribution in [3.8, 4) is 0 Å². The largest absolute Gasteiger partial charge is 0.413 e. The van der Waals surface area contributed by atoms with Crippen LogP contribution in [0.15, 0.2) is 11.1 Å². The molecule has 1 spiro atoms. The smallest absolute Gasteiger partial charge is 0.280 e. The summed E-state index contributed by atoms with van der Waals surface area (Å²) in [5.41, 5.74) is 6.43. The van der Waals surface area contributed by atoms with Gasteiger partial charge in [0, 0.05) is 4.75 Å². The van der Waals surface area contributed by atoms with Crippen molar-refractivity contribution < 1.29 is 4.43 Å². The lowest BCUT2D eigenvalue weighted by atomic mass is 9.99. The first-order valence-electron chi connectivity index (χ1n) is 10.1. The number of rotatable bonds is 3. The third-order valence-corrected chi connectivity index (χ3v) is 13.2. The van der Waals surface area contributed by atoms with Gasteiger partial charge in [0.05, 0.1) is 17.8 Å². The van der Waals surface area contributed by atoms with Crippen LogP contribution >= 0.6 is 11.8 Å². The van der Waals surface area contributed by atoms with Crippen molar-refractivity contribution in [1.82, 2.24) is 19.5 Å². The van der Waals surface area contributed by atoms with Gasteiger partial charge in [0.2, 0.25) is 5.95 Å². The SMILES string of the molecule is CC(C)(C)[Si](C)(C)O[C@@H]1CCCC12CCC(n1cnc3c(=O)[nH]c(N)nc31)S2. The summed E-state index contributed by atoms with van der Waals surface area (Å²) >= 11 is 1.99. The Kier molecular flexibility index (Phi) is 4.71. The van der Waals surface area contributed by atoms with E-state index in [1.54, 1.807) is 6.33 Å². The maximum Gasteiger partial charge on any atom is 0.280 e. The predicted molar refractivity (Wildman–Crippen MR) is 117 cm³/mol. The number of anilines is 1. The van der Waals surface area contributed by atoms with Crippen LogP contribution in [0.2, 0.25) is 18.1 Å². The minimum Gasteiger partial charge on any atom is -0.413 e. The first-order chi connectivity index (χ1) is 13.0. The Hall–Kier alpha value is -1.32.